The fraction of sp³-hybridized carbons (Fsp3) is 0.462. The van der Waals surface area contributed by atoms with E-state index in [1.807, 2.05) is 0 Å². The molecule has 2 saturated carbocycles. The number of carbonyl (C=O) groups is 1. The van der Waals surface area contributed by atoms with Gasteiger partial charge in [-0.25, -0.2) is 8.78 Å². The van der Waals surface area contributed by atoms with Crippen LogP contribution in [0.15, 0.2) is 18.2 Å². The first-order chi connectivity index (χ1) is 8.13. The summed E-state index contributed by atoms with van der Waals surface area (Å²) in [6, 6.07) is 3.08. The van der Waals surface area contributed by atoms with E-state index in [9.17, 15) is 13.6 Å². The van der Waals surface area contributed by atoms with Crippen molar-refractivity contribution in [2.75, 3.05) is 5.32 Å². The number of benzene rings is 1. The highest BCUT2D eigenvalue weighted by molar-refractivity contribution is 5.93. The van der Waals surface area contributed by atoms with Gasteiger partial charge in [0.1, 0.15) is 11.6 Å². The molecule has 0 aliphatic heterocycles. The Morgan fingerprint density at radius 3 is 2.59 bits per heavy atom. The molecule has 1 amide bonds. The summed E-state index contributed by atoms with van der Waals surface area (Å²) in [7, 11) is 0. The third kappa shape index (κ3) is 2.04. The van der Waals surface area contributed by atoms with Gasteiger partial charge in [-0.2, -0.15) is 0 Å². The van der Waals surface area contributed by atoms with Crippen molar-refractivity contribution in [3.8, 4) is 0 Å². The third-order valence-electron chi connectivity index (χ3n) is 3.80. The average molecular weight is 237 g/mol. The van der Waals surface area contributed by atoms with Gasteiger partial charge in [-0.3, -0.25) is 4.79 Å². The van der Waals surface area contributed by atoms with Gasteiger partial charge in [0.05, 0.1) is 5.69 Å². The van der Waals surface area contributed by atoms with Crippen molar-refractivity contribution in [1.82, 2.24) is 0 Å². The Bertz CT molecular complexity index is 464. The van der Waals surface area contributed by atoms with Crippen LogP contribution in [-0.2, 0) is 4.79 Å². The molecule has 2 nitrogen and oxygen atoms in total. The lowest BCUT2D eigenvalue weighted by Crippen LogP contribution is -2.22. The van der Waals surface area contributed by atoms with Gasteiger partial charge in [0.15, 0.2) is 0 Å². The molecule has 1 N–H and O–H groups in total. The number of amides is 1. The number of anilines is 1. The molecular formula is C13H13F2NO. The maximum absolute atomic E-state index is 13.3. The Kier molecular flexibility index (Phi) is 2.38. The molecule has 2 aliphatic rings. The van der Waals surface area contributed by atoms with Crippen LogP contribution in [0.2, 0.25) is 0 Å². The molecule has 17 heavy (non-hydrogen) atoms. The normalized spacial score (nSPS) is 29.9. The standard InChI is InChI=1S/C13H13F2NO/c14-10-1-2-11(15)12(6-10)16-13(17)9-4-7-3-8(7)5-9/h1-2,6-9H,3-5H2,(H,16,17). The molecule has 2 fully saturated rings. The summed E-state index contributed by atoms with van der Waals surface area (Å²) in [4.78, 5) is 11.8. The fourth-order valence-electron chi connectivity index (χ4n) is 2.76. The van der Waals surface area contributed by atoms with Crippen molar-refractivity contribution in [3.05, 3.63) is 29.8 Å². The topological polar surface area (TPSA) is 29.1 Å². The number of halogens is 2. The van der Waals surface area contributed by atoms with E-state index in [2.05, 4.69) is 5.32 Å². The SMILES string of the molecule is O=C(Nc1cc(F)ccc1F)C1CC2CC2C1. The van der Waals surface area contributed by atoms with Crippen LogP contribution in [0.3, 0.4) is 0 Å². The molecular weight excluding hydrogens is 224 g/mol. The Morgan fingerprint density at radius 2 is 1.88 bits per heavy atom. The van der Waals surface area contributed by atoms with Crippen LogP contribution >= 0.6 is 0 Å². The molecule has 1 aromatic carbocycles. The molecule has 4 heteroatoms. The van der Waals surface area contributed by atoms with Crippen LogP contribution in [0.25, 0.3) is 0 Å². The highest BCUT2D eigenvalue weighted by Gasteiger charge is 2.48. The first-order valence-corrected chi connectivity index (χ1v) is 5.89. The Labute approximate surface area is 98.0 Å². The first-order valence-electron chi connectivity index (χ1n) is 5.89. The van der Waals surface area contributed by atoms with Gasteiger partial charge >= 0.3 is 0 Å². The van der Waals surface area contributed by atoms with Crippen molar-refractivity contribution in [1.29, 1.82) is 0 Å². The highest BCUT2D eigenvalue weighted by Crippen LogP contribution is 2.54. The van der Waals surface area contributed by atoms with E-state index in [0.717, 1.165) is 31.0 Å². The molecule has 0 bridgehead atoms. The molecule has 2 aliphatic carbocycles. The molecule has 3 rings (SSSR count). The predicted molar refractivity (Wildman–Crippen MR) is 59.3 cm³/mol. The highest BCUT2D eigenvalue weighted by atomic mass is 19.1. The van der Waals surface area contributed by atoms with E-state index < -0.39 is 11.6 Å². The van der Waals surface area contributed by atoms with Crippen LogP contribution in [0.5, 0.6) is 0 Å². The maximum atomic E-state index is 13.3. The monoisotopic (exact) mass is 237 g/mol. The smallest absolute Gasteiger partial charge is 0.227 e. The van der Waals surface area contributed by atoms with Crippen molar-refractivity contribution in [3.63, 3.8) is 0 Å². The first kappa shape index (κ1) is 10.7. The molecule has 0 saturated heterocycles. The lowest BCUT2D eigenvalue weighted by Gasteiger charge is -2.12. The summed E-state index contributed by atoms with van der Waals surface area (Å²) in [5.41, 5.74) is -0.0597. The lowest BCUT2D eigenvalue weighted by atomic mass is 10.0. The summed E-state index contributed by atoms with van der Waals surface area (Å²) in [6.45, 7) is 0. The van der Waals surface area contributed by atoms with Gasteiger partial charge in [-0.05, 0) is 43.2 Å². The number of hydrogen-bond donors (Lipinski definition) is 1. The lowest BCUT2D eigenvalue weighted by molar-refractivity contribution is -0.120. The number of rotatable bonds is 2. The maximum Gasteiger partial charge on any atom is 0.227 e. The minimum Gasteiger partial charge on any atom is -0.323 e. The van der Waals surface area contributed by atoms with Crippen LogP contribution in [0, 0.1) is 29.4 Å². The van der Waals surface area contributed by atoms with Gasteiger partial charge < -0.3 is 5.32 Å². The van der Waals surface area contributed by atoms with Gasteiger partial charge in [-0.15, -0.1) is 0 Å². The molecule has 0 radical (unpaired) electrons. The van der Waals surface area contributed by atoms with E-state index in [4.69, 9.17) is 0 Å². The van der Waals surface area contributed by atoms with E-state index in [1.54, 1.807) is 0 Å². The molecule has 1 aromatic rings. The summed E-state index contributed by atoms with van der Waals surface area (Å²) in [5.74, 6) is 0.0493. The van der Waals surface area contributed by atoms with Gasteiger partial charge in [-0.1, -0.05) is 0 Å². The molecule has 90 valence electrons. The number of hydrogen-bond acceptors (Lipinski definition) is 1. The largest absolute Gasteiger partial charge is 0.323 e. The fourth-order valence-corrected chi connectivity index (χ4v) is 2.76. The minimum atomic E-state index is -0.595. The van der Waals surface area contributed by atoms with Crippen molar-refractivity contribution < 1.29 is 13.6 Å². The Hall–Kier alpha value is -1.45. The van der Waals surface area contributed by atoms with Crippen molar-refractivity contribution in [2.45, 2.75) is 19.3 Å². The molecule has 0 heterocycles. The zero-order chi connectivity index (χ0) is 12.0. The molecule has 2 unspecified atom stereocenters. The predicted octanol–water partition coefficient (Wildman–Crippen LogP) is 2.95. The van der Waals surface area contributed by atoms with E-state index in [0.29, 0.717) is 11.8 Å². The van der Waals surface area contributed by atoms with Crippen molar-refractivity contribution in [2.24, 2.45) is 17.8 Å². The second-order valence-electron chi connectivity index (χ2n) is 5.04. The summed E-state index contributed by atoms with van der Waals surface area (Å²) < 4.78 is 26.2. The van der Waals surface area contributed by atoms with Gasteiger partial charge in [0.2, 0.25) is 5.91 Å². The molecule has 0 spiro atoms. The molecule has 2 atom stereocenters. The summed E-state index contributed by atoms with van der Waals surface area (Å²) >= 11 is 0. The second kappa shape index (κ2) is 3.79. The quantitative estimate of drug-likeness (QED) is 0.841. The van der Waals surface area contributed by atoms with Gasteiger partial charge in [0.25, 0.3) is 0 Å². The number of nitrogens with one attached hydrogen (secondary N) is 1. The zero-order valence-corrected chi connectivity index (χ0v) is 9.25. The van der Waals surface area contributed by atoms with E-state index >= 15 is 0 Å². The summed E-state index contributed by atoms with van der Waals surface area (Å²) in [5, 5.41) is 2.48. The average Bonchev–Trinajstić information content (AvgIpc) is 2.91. The number of carbonyl (C=O) groups excluding carboxylic acids is 1. The Balaban J connectivity index is 1.69. The zero-order valence-electron chi connectivity index (χ0n) is 9.25. The van der Waals surface area contributed by atoms with Crippen LogP contribution in [-0.4, -0.2) is 5.91 Å². The summed E-state index contributed by atoms with van der Waals surface area (Å²) in [6.07, 6.45) is 3.03. The Morgan fingerprint density at radius 1 is 1.18 bits per heavy atom. The van der Waals surface area contributed by atoms with E-state index in [-0.39, 0.29) is 17.5 Å². The minimum absolute atomic E-state index is 0.0265. The van der Waals surface area contributed by atoms with Gasteiger partial charge in [0, 0.05) is 12.0 Å². The van der Waals surface area contributed by atoms with Crippen molar-refractivity contribution >= 4 is 11.6 Å². The van der Waals surface area contributed by atoms with Crippen LogP contribution in [0.1, 0.15) is 19.3 Å². The molecule has 0 aromatic heterocycles. The number of fused-ring (bicyclic) bond motifs is 1. The van der Waals surface area contributed by atoms with Crippen LogP contribution in [0.4, 0.5) is 14.5 Å². The second-order valence-corrected chi connectivity index (χ2v) is 5.04. The third-order valence-corrected chi connectivity index (χ3v) is 3.80. The van der Waals surface area contributed by atoms with Crippen LogP contribution < -0.4 is 5.32 Å². The van der Waals surface area contributed by atoms with E-state index in [1.165, 1.54) is 6.42 Å².